The Morgan fingerprint density at radius 1 is 0.276 bits per heavy atom. The fourth-order valence-corrected chi connectivity index (χ4v) is 8.10. The third-order valence-corrected chi connectivity index (χ3v) is 29.3. The maximum absolute atomic E-state index is 2.35. The van der Waals surface area contributed by atoms with Crippen molar-refractivity contribution < 1.29 is 0 Å². The van der Waals surface area contributed by atoms with Crippen LogP contribution in [0.4, 0.5) is 0 Å². The summed E-state index contributed by atoms with van der Waals surface area (Å²) in [6, 6.07) is 0. The topological polar surface area (TPSA) is 0 Å². The van der Waals surface area contributed by atoms with Crippen LogP contribution in [0.1, 0.15) is 494 Å². The minimum absolute atomic E-state index is 0.375. The molecule has 1 rings (SSSR count). The van der Waals surface area contributed by atoms with E-state index in [9.17, 15) is 0 Å². The predicted molar refractivity (Wildman–Crippen MR) is 472 cm³/mol. The van der Waals surface area contributed by atoms with Crippen molar-refractivity contribution >= 4 is 0 Å². The Balaban J connectivity index is -0.000000109. The van der Waals surface area contributed by atoms with Gasteiger partial charge >= 0.3 is 0 Å². The lowest BCUT2D eigenvalue weighted by Gasteiger charge is -2.49. The first-order chi connectivity index (χ1) is 41.8. The van der Waals surface area contributed by atoms with Gasteiger partial charge in [0.2, 0.25) is 0 Å². The molecule has 0 aromatic rings. The molecule has 0 saturated heterocycles. The normalized spacial score (nSPS) is 15.3. The molecule has 0 radical (unpaired) electrons. The van der Waals surface area contributed by atoms with Gasteiger partial charge in [-0.05, 0) is 145 Å². The average Bonchev–Trinajstić information content (AvgIpc) is 0.798. The molecule has 0 spiro atoms. The van der Waals surface area contributed by atoms with Crippen LogP contribution in [0, 0.1) is 145 Å². The molecule has 0 unspecified atom stereocenters. The highest BCUT2D eigenvalue weighted by Gasteiger charge is 2.42. The molecule has 0 nitrogen and oxygen atoms in total. The SMILES string of the molecule is CC(C(C)(C)C)C(C)(C)C.CC(C)(C)C(C)(C)C.CC(C)(C)C(C)(C)C.CC(C)(C)C(C)(C)C(C)(C)C.CC(C)C(C)(C)C(C)(C)C.CC(C)C(C)(C)C(C)C.CC(C)[C@@H](C)C(C)(C)C.CCC(C)(C)C(C)(C)C.CCC(C)(C)C(C)C.CCC1CCCCC1.CC[C@@H](C)C(C)(C)C. The van der Waals surface area contributed by atoms with Crippen molar-refractivity contribution in [3.63, 3.8) is 0 Å². The van der Waals surface area contributed by atoms with Crippen LogP contribution in [0.3, 0.4) is 0 Å². The summed E-state index contributed by atoms with van der Waals surface area (Å²) in [6.45, 7) is 145. The Kier molecular flexibility index (Phi) is 57.0. The Hall–Kier alpha value is 0. The van der Waals surface area contributed by atoms with Crippen LogP contribution in [0.15, 0.2) is 0 Å². The van der Waals surface area contributed by atoms with E-state index < -0.39 is 0 Å². The van der Waals surface area contributed by atoms with Crippen LogP contribution in [0.5, 0.6) is 0 Å². The molecule has 0 heterocycles. The summed E-state index contributed by atoms with van der Waals surface area (Å²) in [4.78, 5) is 0. The van der Waals surface area contributed by atoms with Gasteiger partial charge in [-0.3, -0.25) is 0 Å². The molecule has 1 fully saturated rings. The van der Waals surface area contributed by atoms with Crippen LogP contribution < -0.4 is 0 Å². The Bertz CT molecular complexity index is 1720. The van der Waals surface area contributed by atoms with Crippen LogP contribution in [-0.4, -0.2) is 0 Å². The van der Waals surface area contributed by atoms with Gasteiger partial charge in [0.15, 0.2) is 0 Å². The Morgan fingerprint density at radius 3 is 0.582 bits per heavy atom. The molecule has 0 heteroatoms. The van der Waals surface area contributed by atoms with Crippen LogP contribution >= 0.6 is 0 Å². The van der Waals surface area contributed by atoms with E-state index in [2.05, 4.69) is 436 Å². The average molecular weight is 1390 g/mol. The Labute approximate surface area is 635 Å². The van der Waals surface area contributed by atoms with Crippen molar-refractivity contribution in [1.82, 2.24) is 0 Å². The van der Waals surface area contributed by atoms with Crippen molar-refractivity contribution in [1.29, 1.82) is 0 Å². The molecule has 1 saturated carbocycles. The van der Waals surface area contributed by atoms with Crippen LogP contribution in [0.25, 0.3) is 0 Å². The monoisotopic (exact) mass is 1390 g/mol. The molecular weight excluding hydrogens is 1180 g/mol. The maximum atomic E-state index is 2.35. The first-order valence-corrected chi connectivity index (χ1v) is 41.8. The fourth-order valence-electron chi connectivity index (χ4n) is 8.10. The second-order valence-electron chi connectivity index (χ2n) is 48.8. The van der Waals surface area contributed by atoms with E-state index in [4.69, 9.17) is 0 Å². The second-order valence-corrected chi connectivity index (χ2v) is 48.8. The summed E-state index contributed by atoms with van der Waals surface area (Å²) < 4.78 is 0. The molecule has 608 valence electrons. The summed E-state index contributed by atoms with van der Waals surface area (Å²) in [6.07, 6.45) is 12.8. The molecule has 1 aliphatic carbocycles. The van der Waals surface area contributed by atoms with Crippen molar-refractivity contribution in [2.45, 2.75) is 494 Å². The summed E-state index contributed by atoms with van der Waals surface area (Å²) in [5.74, 6) is 7.48. The highest BCUT2D eigenvalue weighted by atomic mass is 14.5. The van der Waals surface area contributed by atoms with Crippen molar-refractivity contribution in [3.05, 3.63) is 0 Å². The quantitative estimate of drug-likeness (QED) is 0.216. The van der Waals surface area contributed by atoms with Gasteiger partial charge in [0.1, 0.15) is 0 Å². The molecule has 1 aliphatic rings. The maximum Gasteiger partial charge on any atom is -0.0257 e. The summed E-state index contributed by atoms with van der Waals surface area (Å²) in [5, 5.41) is 0. The van der Waals surface area contributed by atoms with Gasteiger partial charge < -0.3 is 0 Å². The minimum atomic E-state index is 0.375. The molecule has 0 aromatic carbocycles. The van der Waals surface area contributed by atoms with E-state index in [1.807, 2.05) is 0 Å². The van der Waals surface area contributed by atoms with Gasteiger partial charge in [-0.1, -0.05) is 494 Å². The lowest BCUT2D eigenvalue weighted by molar-refractivity contribution is 0.00575. The highest BCUT2D eigenvalue weighted by Crippen LogP contribution is 2.51. The molecule has 0 N–H and O–H groups in total. The molecule has 0 aromatic heterocycles. The van der Waals surface area contributed by atoms with Crippen LogP contribution in [-0.2, 0) is 0 Å². The molecule has 0 bridgehead atoms. The highest BCUT2D eigenvalue weighted by molar-refractivity contribution is 4.92. The largest absolute Gasteiger partial charge is 0.0651 e. The summed E-state index contributed by atoms with van der Waals surface area (Å²) in [5.41, 5.74) is 7.58. The van der Waals surface area contributed by atoms with Gasteiger partial charge in [-0.2, -0.15) is 0 Å². The van der Waals surface area contributed by atoms with Gasteiger partial charge in [-0.15, -0.1) is 0 Å². The van der Waals surface area contributed by atoms with Gasteiger partial charge in [0.25, 0.3) is 0 Å². The van der Waals surface area contributed by atoms with E-state index >= 15 is 0 Å². The van der Waals surface area contributed by atoms with Crippen molar-refractivity contribution in [3.8, 4) is 0 Å². The van der Waals surface area contributed by atoms with E-state index in [0.29, 0.717) is 92.1 Å². The fraction of sp³-hybridized carbons (Fsp3) is 1.00. The number of rotatable bonds is 9. The summed E-state index contributed by atoms with van der Waals surface area (Å²) >= 11 is 0. The summed E-state index contributed by atoms with van der Waals surface area (Å²) in [7, 11) is 0. The van der Waals surface area contributed by atoms with E-state index in [0.717, 1.165) is 53.3 Å². The van der Waals surface area contributed by atoms with E-state index in [1.165, 1.54) is 57.8 Å². The number of hydrogen-bond donors (Lipinski definition) is 0. The van der Waals surface area contributed by atoms with E-state index in [-0.39, 0.29) is 0 Å². The molecular formula is C98H216. The second kappa shape index (κ2) is 46.9. The molecule has 98 heavy (non-hydrogen) atoms. The molecule has 0 amide bonds. The smallest absolute Gasteiger partial charge is 0.0257 e. The molecule has 0 aliphatic heterocycles. The van der Waals surface area contributed by atoms with Gasteiger partial charge in [-0.25, -0.2) is 0 Å². The first-order valence-electron chi connectivity index (χ1n) is 41.8. The minimum Gasteiger partial charge on any atom is -0.0651 e. The van der Waals surface area contributed by atoms with E-state index in [1.54, 1.807) is 0 Å². The predicted octanol–water partition coefficient (Wildman–Crippen LogP) is 36.9. The third-order valence-electron chi connectivity index (χ3n) is 29.3. The van der Waals surface area contributed by atoms with Crippen LogP contribution in [0.2, 0.25) is 0 Å². The zero-order valence-electron chi connectivity index (χ0n) is 83.1. The number of hydrogen-bond acceptors (Lipinski definition) is 0. The Morgan fingerprint density at radius 2 is 0.551 bits per heavy atom. The lowest BCUT2D eigenvalue weighted by Crippen LogP contribution is -2.41. The van der Waals surface area contributed by atoms with Gasteiger partial charge in [0.05, 0.1) is 0 Å². The first kappa shape index (κ1) is 119. The molecule has 2 atom stereocenters. The van der Waals surface area contributed by atoms with Crippen molar-refractivity contribution in [2.24, 2.45) is 145 Å². The third kappa shape index (κ3) is 56.3. The standard InChI is InChI=1S/C11H24.2C10H22.3C9H20.C8H16.4C8H18/c1-9(2,3)11(7,8)10(4,5)6;1-8(9(2,3)4)10(5,6)7;1-8(2)10(6,7)9(3,4)5;1-7-9(5,6)8(2,3)4;1-7(2)8(3)9(4,5)6;1-7(2)9(5,6)8(3)4;1-2-8-6-4-3-5-7-8;2*1-7(2,3)8(4,5)6;1-6-7(2)8(3,4)5;1-6-8(4,5)7(2)3/h1-8H3;2*8H,1-7H3;7H2,1-6H3;2*7-8H,1-6H3;8H,2-7H2,1H3;2*1-6H3;2*7H,6H2,1-5H3/t;;;;8-;;;;;7-;/m....1....1./s1. The zero-order valence-corrected chi connectivity index (χ0v) is 83.1. The van der Waals surface area contributed by atoms with Crippen molar-refractivity contribution in [2.75, 3.05) is 0 Å². The lowest BCUT2D eigenvalue weighted by atomic mass is 9.56. The van der Waals surface area contributed by atoms with Gasteiger partial charge in [0, 0.05) is 0 Å². The zero-order chi connectivity index (χ0) is 83.1.